The predicted molar refractivity (Wildman–Crippen MR) is 115 cm³/mol. The topological polar surface area (TPSA) is 51.9 Å². The lowest BCUT2D eigenvalue weighted by atomic mass is 10.2. The minimum atomic E-state index is -0.118. The molecule has 2 aromatic heterocycles. The van der Waals surface area contributed by atoms with Gasteiger partial charge in [-0.15, -0.1) is 0 Å². The maximum atomic E-state index is 13.0. The summed E-state index contributed by atoms with van der Waals surface area (Å²) in [5.41, 5.74) is 5.05. The Morgan fingerprint density at radius 1 is 0.897 bits per heavy atom. The summed E-state index contributed by atoms with van der Waals surface area (Å²) in [6.07, 6.45) is 1.71. The average Bonchev–Trinajstić information content (AvgIpc) is 3.28. The highest BCUT2D eigenvalue weighted by Crippen LogP contribution is 2.19. The van der Waals surface area contributed by atoms with E-state index in [4.69, 9.17) is 0 Å². The van der Waals surface area contributed by atoms with Crippen LogP contribution in [0.3, 0.4) is 0 Å². The highest BCUT2D eigenvalue weighted by Gasteiger charge is 2.17. The van der Waals surface area contributed by atoms with Crippen molar-refractivity contribution in [3.8, 4) is 0 Å². The number of benzene rings is 2. The van der Waals surface area contributed by atoms with Crippen molar-refractivity contribution in [2.75, 3.05) is 5.32 Å². The summed E-state index contributed by atoms with van der Waals surface area (Å²) in [7, 11) is 0. The van der Waals surface area contributed by atoms with Gasteiger partial charge in [0.1, 0.15) is 5.82 Å². The molecule has 146 valence electrons. The van der Waals surface area contributed by atoms with Gasteiger partial charge < -0.3 is 9.88 Å². The lowest BCUT2D eigenvalue weighted by Gasteiger charge is -2.11. The van der Waals surface area contributed by atoms with E-state index in [1.165, 1.54) is 5.56 Å². The van der Waals surface area contributed by atoms with Crippen LogP contribution in [0.5, 0.6) is 0 Å². The molecule has 0 bridgehead atoms. The van der Waals surface area contributed by atoms with E-state index in [1.54, 1.807) is 10.9 Å². The van der Waals surface area contributed by atoms with E-state index in [0.29, 0.717) is 17.9 Å². The second-order valence-electron chi connectivity index (χ2n) is 7.17. The first-order chi connectivity index (χ1) is 14.1. The Hall–Kier alpha value is -3.60. The Bertz CT molecular complexity index is 1110. The molecule has 0 aliphatic carbocycles. The fraction of sp³-hybridized carbons (Fsp3) is 0.167. The molecule has 0 saturated heterocycles. The van der Waals surface area contributed by atoms with Crippen molar-refractivity contribution in [3.05, 3.63) is 107 Å². The van der Waals surface area contributed by atoms with Crippen molar-refractivity contribution in [2.24, 2.45) is 0 Å². The zero-order valence-corrected chi connectivity index (χ0v) is 16.7. The number of rotatable bonds is 6. The van der Waals surface area contributed by atoms with Gasteiger partial charge in [-0.2, -0.15) is 5.10 Å². The molecule has 5 heteroatoms. The molecule has 29 heavy (non-hydrogen) atoms. The molecule has 0 saturated carbocycles. The van der Waals surface area contributed by atoms with Crippen LogP contribution >= 0.6 is 0 Å². The fourth-order valence-electron chi connectivity index (χ4n) is 3.55. The minimum absolute atomic E-state index is 0.118. The van der Waals surface area contributed by atoms with Crippen molar-refractivity contribution in [2.45, 2.75) is 26.9 Å². The van der Waals surface area contributed by atoms with Gasteiger partial charge in [0.25, 0.3) is 5.91 Å². The first-order valence-electron chi connectivity index (χ1n) is 9.69. The highest BCUT2D eigenvalue weighted by atomic mass is 16.1. The molecule has 2 heterocycles. The number of hydrogen-bond donors (Lipinski definition) is 1. The van der Waals surface area contributed by atoms with Crippen LogP contribution in [0.1, 0.15) is 32.9 Å². The second-order valence-corrected chi connectivity index (χ2v) is 7.17. The third-order valence-corrected chi connectivity index (χ3v) is 5.14. The first-order valence-corrected chi connectivity index (χ1v) is 9.69. The van der Waals surface area contributed by atoms with Crippen LogP contribution in [-0.2, 0) is 13.1 Å². The molecule has 1 N–H and O–H groups in total. The third kappa shape index (κ3) is 4.14. The summed E-state index contributed by atoms with van der Waals surface area (Å²) < 4.78 is 3.97. The molecule has 0 atom stereocenters. The highest BCUT2D eigenvalue weighted by molar-refractivity contribution is 6.04. The molecule has 0 radical (unpaired) electrons. The molecule has 0 aliphatic rings. The smallest absolute Gasteiger partial charge is 0.258 e. The van der Waals surface area contributed by atoms with Gasteiger partial charge in [0.2, 0.25) is 0 Å². The Balaban J connectivity index is 1.53. The predicted octanol–water partition coefficient (Wildman–Crippen LogP) is 4.65. The first kappa shape index (κ1) is 18.7. The van der Waals surface area contributed by atoms with E-state index in [0.717, 1.165) is 23.5 Å². The van der Waals surface area contributed by atoms with Crippen molar-refractivity contribution in [1.82, 2.24) is 14.3 Å². The molecular formula is C24H24N4O. The number of aryl methyl sites for hydroxylation is 1. The van der Waals surface area contributed by atoms with Gasteiger partial charge in [0, 0.05) is 24.0 Å². The van der Waals surface area contributed by atoms with Crippen LogP contribution in [0.2, 0.25) is 0 Å². The maximum Gasteiger partial charge on any atom is 0.258 e. The van der Waals surface area contributed by atoms with Crippen molar-refractivity contribution >= 4 is 11.7 Å². The molecule has 4 aromatic rings. The summed E-state index contributed by atoms with van der Waals surface area (Å²) in [6, 6.07) is 24.1. The standard InChI is InChI=1S/C24H24N4O/c1-18-15-22(19(2)27(18)16-20-9-5-3-6-10-20)24(29)26-23-13-14-25-28(23)17-21-11-7-4-8-12-21/h3-15H,16-17H2,1-2H3,(H,26,29). The van der Waals surface area contributed by atoms with Crippen LogP contribution in [-0.4, -0.2) is 20.3 Å². The number of aromatic nitrogens is 3. The lowest BCUT2D eigenvalue weighted by Crippen LogP contribution is -2.17. The van der Waals surface area contributed by atoms with Crippen molar-refractivity contribution < 1.29 is 4.79 Å². The molecule has 5 nitrogen and oxygen atoms in total. The Morgan fingerprint density at radius 3 is 2.17 bits per heavy atom. The molecule has 2 aromatic carbocycles. The van der Waals surface area contributed by atoms with Crippen LogP contribution in [0.25, 0.3) is 0 Å². The van der Waals surface area contributed by atoms with E-state index in [2.05, 4.69) is 27.1 Å². The summed E-state index contributed by atoms with van der Waals surface area (Å²) in [5, 5.41) is 7.38. The summed E-state index contributed by atoms with van der Waals surface area (Å²) in [4.78, 5) is 13.0. The van der Waals surface area contributed by atoms with Gasteiger partial charge >= 0.3 is 0 Å². The lowest BCUT2D eigenvalue weighted by molar-refractivity contribution is 0.102. The normalized spacial score (nSPS) is 10.8. The maximum absolute atomic E-state index is 13.0. The van der Waals surface area contributed by atoms with E-state index < -0.39 is 0 Å². The molecule has 4 rings (SSSR count). The number of anilines is 1. The van der Waals surface area contributed by atoms with Gasteiger partial charge in [-0.05, 0) is 31.0 Å². The Labute approximate surface area is 170 Å². The zero-order valence-electron chi connectivity index (χ0n) is 16.7. The number of nitrogens with one attached hydrogen (secondary N) is 1. The average molecular weight is 384 g/mol. The Kier molecular flexibility index (Phi) is 5.29. The SMILES string of the molecule is Cc1cc(C(=O)Nc2ccnn2Cc2ccccc2)c(C)n1Cc1ccccc1. The van der Waals surface area contributed by atoms with Crippen LogP contribution < -0.4 is 5.32 Å². The van der Waals surface area contributed by atoms with Gasteiger partial charge in [0.15, 0.2) is 0 Å². The monoisotopic (exact) mass is 384 g/mol. The molecule has 1 amide bonds. The number of hydrogen-bond acceptors (Lipinski definition) is 2. The van der Waals surface area contributed by atoms with E-state index >= 15 is 0 Å². The van der Waals surface area contributed by atoms with Crippen LogP contribution in [0, 0.1) is 13.8 Å². The van der Waals surface area contributed by atoms with Gasteiger partial charge in [-0.1, -0.05) is 60.7 Å². The van der Waals surface area contributed by atoms with Crippen molar-refractivity contribution in [3.63, 3.8) is 0 Å². The molecule has 0 fully saturated rings. The number of amides is 1. The molecular weight excluding hydrogens is 360 g/mol. The van der Waals surface area contributed by atoms with E-state index in [9.17, 15) is 4.79 Å². The quantitative estimate of drug-likeness (QED) is 0.526. The molecule has 0 spiro atoms. The third-order valence-electron chi connectivity index (χ3n) is 5.14. The van der Waals surface area contributed by atoms with E-state index in [1.807, 2.05) is 74.5 Å². The summed E-state index contributed by atoms with van der Waals surface area (Å²) >= 11 is 0. The number of carbonyl (C=O) groups is 1. The minimum Gasteiger partial charge on any atom is -0.344 e. The molecule has 0 unspecified atom stereocenters. The van der Waals surface area contributed by atoms with Crippen LogP contribution in [0.15, 0.2) is 79.0 Å². The fourth-order valence-corrected chi connectivity index (χ4v) is 3.55. The zero-order chi connectivity index (χ0) is 20.2. The van der Waals surface area contributed by atoms with Crippen LogP contribution in [0.4, 0.5) is 5.82 Å². The van der Waals surface area contributed by atoms with Gasteiger partial charge in [-0.3, -0.25) is 4.79 Å². The second kappa shape index (κ2) is 8.19. The number of carbonyl (C=O) groups excluding carboxylic acids is 1. The van der Waals surface area contributed by atoms with Crippen molar-refractivity contribution in [1.29, 1.82) is 0 Å². The molecule has 0 aliphatic heterocycles. The van der Waals surface area contributed by atoms with Gasteiger partial charge in [0.05, 0.1) is 18.3 Å². The Morgan fingerprint density at radius 2 is 1.52 bits per heavy atom. The van der Waals surface area contributed by atoms with E-state index in [-0.39, 0.29) is 5.91 Å². The summed E-state index contributed by atoms with van der Waals surface area (Å²) in [6.45, 7) is 5.38. The van der Waals surface area contributed by atoms with Gasteiger partial charge in [-0.25, -0.2) is 4.68 Å². The number of nitrogens with zero attached hydrogens (tertiary/aromatic N) is 3. The summed E-state index contributed by atoms with van der Waals surface area (Å²) in [5.74, 6) is 0.568. The largest absolute Gasteiger partial charge is 0.344 e.